The number of hydrogen-bond acceptors (Lipinski definition) is 2. The van der Waals surface area contributed by atoms with Crippen molar-refractivity contribution in [3.05, 3.63) is 27.5 Å². The van der Waals surface area contributed by atoms with Gasteiger partial charge in [-0.2, -0.15) is 5.26 Å². The van der Waals surface area contributed by atoms with E-state index in [0.717, 1.165) is 0 Å². The lowest BCUT2D eigenvalue weighted by molar-refractivity contribution is 0.145. The summed E-state index contributed by atoms with van der Waals surface area (Å²) < 4.78 is 25.3. The zero-order valence-electron chi connectivity index (χ0n) is 7.48. The average molecular weight is 296 g/mol. The molecular formula is C9H6BrClF2N2. The van der Waals surface area contributed by atoms with E-state index in [4.69, 9.17) is 16.9 Å². The van der Waals surface area contributed by atoms with Gasteiger partial charge in [-0.05, 0) is 27.6 Å². The van der Waals surface area contributed by atoms with E-state index < -0.39 is 6.43 Å². The monoisotopic (exact) mass is 294 g/mol. The molecule has 0 radical (unpaired) electrons. The van der Waals surface area contributed by atoms with Gasteiger partial charge in [-0.3, -0.25) is 0 Å². The minimum absolute atomic E-state index is 0.00309. The van der Waals surface area contributed by atoms with E-state index in [2.05, 4.69) is 20.9 Å². The van der Waals surface area contributed by atoms with Crippen molar-refractivity contribution in [1.82, 2.24) is 4.98 Å². The van der Waals surface area contributed by atoms with Gasteiger partial charge >= 0.3 is 0 Å². The highest BCUT2D eigenvalue weighted by Gasteiger charge is 2.17. The Kier molecular flexibility index (Phi) is 4.43. The van der Waals surface area contributed by atoms with Crippen LogP contribution in [0.15, 0.2) is 10.5 Å². The molecule has 0 aliphatic rings. The van der Waals surface area contributed by atoms with Gasteiger partial charge in [-0.15, -0.1) is 11.6 Å². The maximum atomic E-state index is 12.5. The van der Waals surface area contributed by atoms with E-state index in [-0.39, 0.29) is 22.5 Å². The van der Waals surface area contributed by atoms with Crippen LogP contribution in [0.1, 0.15) is 23.4 Å². The molecular weight excluding hydrogens is 289 g/mol. The van der Waals surface area contributed by atoms with Crippen LogP contribution in [0.25, 0.3) is 0 Å². The fourth-order valence-electron chi connectivity index (χ4n) is 1.08. The van der Waals surface area contributed by atoms with Crippen molar-refractivity contribution in [3.8, 4) is 6.07 Å². The first kappa shape index (κ1) is 12.3. The molecule has 1 aromatic heterocycles. The zero-order valence-corrected chi connectivity index (χ0v) is 9.82. The highest BCUT2D eigenvalue weighted by Crippen LogP contribution is 2.30. The fourth-order valence-corrected chi connectivity index (χ4v) is 1.97. The SMILES string of the molecule is N#CCc1cc(CCl)c(Br)c(C(F)F)n1. The summed E-state index contributed by atoms with van der Waals surface area (Å²) in [6, 6.07) is 3.40. The number of nitrogens with zero attached hydrogens (tertiary/aromatic N) is 2. The fraction of sp³-hybridized carbons (Fsp3) is 0.333. The van der Waals surface area contributed by atoms with Crippen LogP contribution < -0.4 is 0 Å². The molecule has 15 heavy (non-hydrogen) atoms. The van der Waals surface area contributed by atoms with E-state index in [1.807, 2.05) is 6.07 Å². The van der Waals surface area contributed by atoms with Crippen LogP contribution in [-0.2, 0) is 12.3 Å². The molecule has 1 heterocycles. The van der Waals surface area contributed by atoms with E-state index in [9.17, 15) is 8.78 Å². The van der Waals surface area contributed by atoms with Gasteiger partial charge in [0.1, 0.15) is 5.69 Å². The summed E-state index contributed by atoms with van der Waals surface area (Å²) in [6.07, 6.45) is -2.68. The summed E-state index contributed by atoms with van der Waals surface area (Å²) in [5, 5.41) is 8.46. The Labute approximate surface area is 99.0 Å². The van der Waals surface area contributed by atoms with Crippen molar-refractivity contribution in [2.45, 2.75) is 18.7 Å². The summed E-state index contributed by atoms with van der Waals surface area (Å²) in [7, 11) is 0. The van der Waals surface area contributed by atoms with Crippen molar-refractivity contribution in [1.29, 1.82) is 5.26 Å². The van der Waals surface area contributed by atoms with Crippen LogP contribution in [0.4, 0.5) is 8.78 Å². The largest absolute Gasteiger partial charge is 0.281 e. The van der Waals surface area contributed by atoms with Gasteiger partial charge in [0.2, 0.25) is 0 Å². The first-order valence-electron chi connectivity index (χ1n) is 3.99. The number of aromatic nitrogens is 1. The average Bonchev–Trinajstić information content (AvgIpc) is 2.20. The Morgan fingerprint density at radius 3 is 2.73 bits per heavy atom. The molecule has 0 unspecified atom stereocenters. The summed E-state index contributed by atoms with van der Waals surface area (Å²) >= 11 is 8.61. The standard InChI is InChI=1S/C9H6BrClF2N2/c10-7-5(4-11)3-6(1-2-14)15-8(7)9(12)13/h3,9H,1,4H2. The molecule has 0 aliphatic carbocycles. The Morgan fingerprint density at radius 1 is 1.60 bits per heavy atom. The van der Waals surface area contributed by atoms with Crippen LogP contribution in [0.3, 0.4) is 0 Å². The predicted molar refractivity (Wildman–Crippen MR) is 55.8 cm³/mol. The van der Waals surface area contributed by atoms with E-state index in [0.29, 0.717) is 11.3 Å². The van der Waals surface area contributed by atoms with Crippen molar-refractivity contribution in [3.63, 3.8) is 0 Å². The molecule has 80 valence electrons. The van der Waals surface area contributed by atoms with Crippen molar-refractivity contribution < 1.29 is 8.78 Å². The second-order valence-corrected chi connectivity index (χ2v) is 3.80. The van der Waals surface area contributed by atoms with Gasteiger partial charge in [-0.25, -0.2) is 13.8 Å². The highest BCUT2D eigenvalue weighted by molar-refractivity contribution is 9.10. The third kappa shape index (κ3) is 2.86. The zero-order chi connectivity index (χ0) is 11.4. The van der Waals surface area contributed by atoms with Gasteiger partial charge in [0.15, 0.2) is 0 Å². The van der Waals surface area contributed by atoms with Gasteiger partial charge in [-0.1, -0.05) is 0 Å². The van der Waals surface area contributed by atoms with Crippen molar-refractivity contribution in [2.24, 2.45) is 0 Å². The van der Waals surface area contributed by atoms with E-state index in [1.54, 1.807) is 6.07 Å². The highest BCUT2D eigenvalue weighted by atomic mass is 79.9. The third-order valence-electron chi connectivity index (χ3n) is 1.72. The first-order valence-corrected chi connectivity index (χ1v) is 5.32. The Morgan fingerprint density at radius 2 is 2.27 bits per heavy atom. The van der Waals surface area contributed by atoms with Crippen LogP contribution in [0, 0.1) is 11.3 Å². The second-order valence-electron chi connectivity index (χ2n) is 2.74. The van der Waals surface area contributed by atoms with Gasteiger partial charge in [0.05, 0.1) is 18.2 Å². The molecule has 0 fully saturated rings. The molecule has 0 bridgehead atoms. The molecule has 0 saturated carbocycles. The molecule has 0 aromatic carbocycles. The summed E-state index contributed by atoms with van der Waals surface area (Å²) in [5.41, 5.74) is 0.470. The van der Waals surface area contributed by atoms with Gasteiger partial charge in [0.25, 0.3) is 6.43 Å². The van der Waals surface area contributed by atoms with Crippen LogP contribution in [0.5, 0.6) is 0 Å². The van der Waals surface area contributed by atoms with Crippen LogP contribution in [0.2, 0.25) is 0 Å². The van der Waals surface area contributed by atoms with Crippen molar-refractivity contribution >= 4 is 27.5 Å². The molecule has 0 saturated heterocycles. The van der Waals surface area contributed by atoms with Crippen LogP contribution >= 0.6 is 27.5 Å². The minimum atomic E-state index is -2.68. The normalized spacial score (nSPS) is 10.4. The number of hydrogen-bond donors (Lipinski definition) is 0. The molecule has 2 nitrogen and oxygen atoms in total. The van der Waals surface area contributed by atoms with E-state index in [1.165, 1.54) is 0 Å². The molecule has 0 spiro atoms. The number of halogens is 4. The lowest BCUT2D eigenvalue weighted by atomic mass is 10.2. The smallest absolute Gasteiger partial charge is 0.250 e. The van der Waals surface area contributed by atoms with Crippen molar-refractivity contribution in [2.75, 3.05) is 0 Å². The minimum Gasteiger partial charge on any atom is -0.250 e. The molecule has 0 aliphatic heterocycles. The van der Waals surface area contributed by atoms with Gasteiger partial charge < -0.3 is 0 Å². The molecule has 0 amide bonds. The maximum absolute atomic E-state index is 12.5. The number of pyridine rings is 1. The lowest BCUT2D eigenvalue weighted by Gasteiger charge is -2.08. The topological polar surface area (TPSA) is 36.7 Å². The lowest BCUT2D eigenvalue weighted by Crippen LogP contribution is -2.00. The number of nitriles is 1. The summed E-state index contributed by atoms with van der Waals surface area (Å²) in [4.78, 5) is 3.69. The quantitative estimate of drug-likeness (QED) is 0.799. The number of alkyl halides is 3. The second kappa shape index (κ2) is 5.38. The molecule has 0 N–H and O–H groups in total. The van der Waals surface area contributed by atoms with Gasteiger partial charge in [0, 0.05) is 10.4 Å². The molecule has 1 rings (SSSR count). The Bertz CT molecular complexity index is 404. The first-order chi connectivity index (χ1) is 7.10. The Balaban J connectivity index is 3.26. The third-order valence-corrected chi connectivity index (χ3v) is 2.93. The predicted octanol–water partition coefficient (Wildman–Crippen LogP) is 3.59. The number of rotatable bonds is 3. The maximum Gasteiger partial charge on any atom is 0.281 e. The summed E-state index contributed by atoms with van der Waals surface area (Å²) in [5.74, 6) is 0.0985. The molecule has 0 atom stereocenters. The molecule has 1 aromatic rings. The summed E-state index contributed by atoms with van der Waals surface area (Å²) in [6.45, 7) is 0. The van der Waals surface area contributed by atoms with E-state index >= 15 is 0 Å². The Hall–Kier alpha value is -0.730. The molecule has 6 heteroatoms. The van der Waals surface area contributed by atoms with Crippen LogP contribution in [-0.4, -0.2) is 4.98 Å².